The van der Waals surface area contributed by atoms with Gasteiger partial charge in [0, 0.05) is 17.8 Å². The van der Waals surface area contributed by atoms with Crippen LogP contribution in [0.2, 0.25) is 0 Å². The van der Waals surface area contributed by atoms with Crippen LogP contribution in [0.25, 0.3) is 22.4 Å². The molecule has 3 N–H and O–H groups in total. The van der Waals surface area contributed by atoms with E-state index >= 15 is 0 Å². The van der Waals surface area contributed by atoms with E-state index in [2.05, 4.69) is 15.0 Å². The molecule has 1 aromatic carbocycles. The van der Waals surface area contributed by atoms with Crippen molar-refractivity contribution in [3.63, 3.8) is 0 Å². The Bertz CT molecular complexity index is 862. The Kier molecular flexibility index (Phi) is 2.60. The fourth-order valence-corrected chi connectivity index (χ4v) is 1.94. The predicted molar refractivity (Wildman–Crippen MR) is 69.1 cm³/mol. The zero-order valence-electron chi connectivity index (χ0n) is 9.98. The van der Waals surface area contributed by atoms with Crippen LogP contribution < -0.4 is 5.56 Å². The summed E-state index contributed by atoms with van der Waals surface area (Å²) >= 11 is 0. The lowest BCUT2D eigenvalue weighted by Gasteiger charge is -1.95. The zero-order chi connectivity index (χ0) is 14.3. The molecule has 2 aromatic heterocycles. The van der Waals surface area contributed by atoms with Gasteiger partial charge in [0.2, 0.25) is 5.56 Å². The minimum Gasteiger partial charge on any atom is -0.478 e. The highest BCUT2D eigenvalue weighted by molar-refractivity contribution is 6.01. The third kappa shape index (κ3) is 1.95. The number of fused-ring (bicyclic) bond motifs is 1. The quantitative estimate of drug-likeness (QED) is 0.662. The molecule has 7 heteroatoms. The summed E-state index contributed by atoms with van der Waals surface area (Å²) < 4.78 is 13.4. The van der Waals surface area contributed by atoms with Gasteiger partial charge in [-0.05, 0) is 18.2 Å². The first kappa shape index (κ1) is 12.1. The van der Waals surface area contributed by atoms with E-state index in [0.717, 1.165) is 6.07 Å². The lowest BCUT2D eigenvalue weighted by molar-refractivity contribution is 0.0698. The monoisotopic (exact) mass is 273 g/mol. The summed E-state index contributed by atoms with van der Waals surface area (Å²) in [5.41, 5.74) is 0.537. The maximum absolute atomic E-state index is 13.4. The first-order valence-electron chi connectivity index (χ1n) is 5.66. The number of rotatable bonds is 2. The normalized spacial score (nSPS) is 10.8. The summed E-state index contributed by atoms with van der Waals surface area (Å²) in [4.78, 5) is 31.6. The lowest BCUT2D eigenvalue weighted by Crippen LogP contribution is -2.01. The van der Waals surface area contributed by atoms with E-state index < -0.39 is 11.8 Å². The molecule has 0 unspecified atom stereocenters. The number of carbonyl (C=O) groups is 1. The molecule has 20 heavy (non-hydrogen) atoms. The van der Waals surface area contributed by atoms with E-state index in [1.54, 1.807) is 0 Å². The highest BCUT2D eigenvalue weighted by Gasteiger charge is 2.15. The second-order valence-electron chi connectivity index (χ2n) is 4.18. The van der Waals surface area contributed by atoms with Gasteiger partial charge >= 0.3 is 5.97 Å². The topological polar surface area (TPSA) is 98.8 Å². The van der Waals surface area contributed by atoms with Crippen molar-refractivity contribution in [3.05, 3.63) is 52.2 Å². The van der Waals surface area contributed by atoms with Crippen LogP contribution >= 0.6 is 0 Å². The van der Waals surface area contributed by atoms with Crippen molar-refractivity contribution >= 4 is 17.0 Å². The number of halogens is 1. The van der Waals surface area contributed by atoms with Gasteiger partial charge in [-0.1, -0.05) is 0 Å². The van der Waals surface area contributed by atoms with Crippen LogP contribution in [0.4, 0.5) is 4.39 Å². The Labute approximate surface area is 110 Å². The number of hydrogen-bond acceptors (Lipinski definition) is 3. The number of aromatic carboxylic acids is 1. The molecule has 2 heterocycles. The van der Waals surface area contributed by atoms with Crippen LogP contribution in [0.1, 0.15) is 10.4 Å². The number of nitrogens with one attached hydrogen (secondary N) is 2. The van der Waals surface area contributed by atoms with Crippen LogP contribution in [-0.2, 0) is 0 Å². The fraction of sp³-hybridized carbons (Fsp3) is 0. The third-order valence-electron chi connectivity index (χ3n) is 2.84. The number of pyridine rings is 1. The molecule has 0 saturated heterocycles. The first-order valence-corrected chi connectivity index (χ1v) is 5.66. The van der Waals surface area contributed by atoms with Crippen LogP contribution in [0.3, 0.4) is 0 Å². The largest absolute Gasteiger partial charge is 0.478 e. The van der Waals surface area contributed by atoms with Crippen molar-refractivity contribution in [1.29, 1.82) is 0 Å². The fourth-order valence-electron chi connectivity index (χ4n) is 1.94. The van der Waals surface area contributed by atoms with Gasteiger partial charge in [0.25, 0.3) is 0 Å². The van der Waals surface area contributed by atoms with Gasteiger partial charge in [-0.25, -0.2) is 14.2 Å². The number of imidazole rings is 1. The van der Waals surface area contributed by atoms with E-state index in [-0.39, 0.29) is 22.2 Å². The average Bonchev–Trinajstić information content (AvgIpc) is 2.81. The van der Waals surface area contributed by atoms with Gasteiger partial charge in [0.05, 0.1) is 11.1 Å². The van der Waals surface area contributed by atoms with E-state index in [0.29, 0.717) is 11.4 Å². The van der Waals surface area contributed by atoms with Gasteiger partial charge in [0.15, 0.2) is 0 Å². The van der Waals surface area contributed by atoms with Crippen molar-refractivity contribution in [1.82, 2.24) is 15.0 Å². The van der Waals surface area contributed by atoms with E-state index in [4.69, 9.17) is 5.11 Å². The lowest BCUT2D eigenvalue weighted by atomic mass is 10.2. The summed E-state index contributed by atoms with van der Waals surface area (Å²) in [5.74, 6) is -1.56. The number of aromatic amines is 2. The SMILES string of the molecule is O=C(O)c1cc(F)cc2[nH]c(-c3ccc(=O)[nH]c3)nc12. The van der Waals surface area contributed by atoms with Crippen LogP contribution in [-0.4, -0.2) is 26.0 Å². The average molecular weight is 273 g/mol. The molecule has 0 radical (unpaired) electrons. The summed E-state index contributed by atoms with van der Waals surface area (Å²) in [6, 6.07) is 4.95. The molecule has 0 fully saturated rings. The highest BCUT2D eigenvalue weighted by Crippen LogP contribution is 2.23. The molecular weight excluding hydrogens is 265 g/mol. The van der Waals surface area contributed by atoms with Gasteiger partial charge in [0.1, 0.15) is 17.2 Å². The van der Waals surface area contributed by atoms with Crippen molar-refractivity contribution in [2.75, 3.05) is 0 Å². The maximum Gasteiger partial charge on any atom is 0.338 e. The third-order valence-corrected chi connectivity index (χ3v) is 2.84. The van der Waals surface area contributed by atoms with Crippen LogP contribution in [0.5, 0.6) is 0 Å². The van der Waals surface area contributed by atoms with Crippen molar-refractivity contribution in [3.8, 4) is 11.4 Å². The number of nitrogens with zero attached hydrogens (tertiary/aromatic N) is 1. The summed E-state index contributed by atoms with van der Waals surface area (Å²) in [6.45, 7) is 0. The van der Waals surface area contributed by atoms with Crippen molar-refractivity contribution < 1.29 is 14.3 Å². The number of carboxylic acid groups (broad SMARTS) is 1. The highest BCUT2D eigenvalue weighted by atomic mass is 19.1. The minimum absolute atomic E-state index is 0.167. The molecule has 100 valence electrons. The smallest absolute Gasteiger partial charge is 0.338 e. The van der Waals surface area contributed by atoms with Crippen LogP contribution in [0.15, 0.2) is 35.3 Å². The Morgan fingerprint density at radius 1 is 1.30 bits per heavy atom. The van der Waals surface area contributed by atoms with Gasteiger partial charge in [-0.2, -0.15) is 0 Å². The van der Waals surface area contributed by atoms with E-state index in [9.17, 15) is 14.0 Å². The molecule has 3 rings (SSSR count). The van der Waals surface area contributed by atoms with Crippen molar-refractivity contribution in [2.24, 2.45) is 0 Å². The molecule has 0 bridgehead atoms. The molecule has 0 amide bonds. The molecule has 0 atom stereocenters. The Morgan fingerprint density at radius 3 is 2.75 bits per heavy atom. The molecule has 0 spiro atoms. The molecule has 0 aliphatic heterocycles. The Morgan fingerprint density at radius 2 is 2.10 bits per heavy atom. The maximum atomic E-state index is 13.4. The van der Waals surface area contributed by atoms with Gasteiger partial charge < -0.3 is 15.1 Å². The summed E-state index contributed by atoms with van der Waals surface area (Å²) in [6.07, 6.45) is 1.44. The first-order chi connectivity index (χ1) is 9.54. The number of benzene rings is 1. The Hall–Kier alpha value is -2.96. The van der Waals surface area contributed by atoms with E-state index in [1.165, 1.54) is 24.4 Å². The van der Waals surface area contributed by atoms with Crippen molar-refractivity contribution in [2.45, 2.75) is 0 Å². The molecule has 6 nitrogen and oxygen atoms in total. The summed E-state index contributed by atoms with van der Waals surface area (Å²) in [5, 5.41) is 9.06. The van der Waals surface area contributed by atoms with E-state index in [1.807, 2.05) is 0 Å². The predicted octanol–water partition coefficient (Wildman–Crippen LogP) is 1.76. The van der Waals surface area contributed by atoms with Crippen LogP contribution in [0, 0.1) is 5.82 Å². The molecule has 3 aromatic rings. The molecule has 0 aliphatic carbocycles. The Balaban J connectivity index is 2.24. The molecular formula is C13H8FN3O3. The molecule has 0 saturated carbocycles. The number of H-pyrrole nitrogens is 2. The number of aromatic nitrogens is 3. The minimum atomic E-state index is -1.26. The van der Waals surface area contributed by atoms with Gasteiger partial charge in [-0.15, -0.1) is 0 Å². The zero-order valence-corrected chi connectivity index (χ0v) is 9.98. The summed E-state index contributed by atoms with van der Waals surface area (Å²) in [7, 11) is 0. The van der Waals surface area contributed by atoms with Gasteiger partial charge in [-0.3, -0.25) is 4.79 Å². The number of hydrogen-bond donors (Lipinski definition) is 3. The molecule has 0 aliphatic rings. The standard InChI is InChI=1S/C13H8FN3O3/c14-7-3-8(13(19)20)11-9(4-7)16-12(17-11)6-1-2-10(18)15-5-6/h1-5H,(H,15,18)(H,16,17)(H,19,20). The second-order valence-corrected chi connectivity index (χ2v) is 4.18. The number of carboxylic acids is 1. The second kappa shape index (κ2) is 4.30.